The van der Waals surface area contributed by atoms with Crippen LogP contribution in [0.2, 0.25) is 0 Å². The standard InChI is InChI=1S/C18H22N2O4S/c1-5-24-18-15(7-6-8-16(18)23-4)12-19-20-25(21,22)17-10-9-13(2)11-14(17)3/h6-12,20H,5H2,1-4H3/b19-12+. The van der Waals surface area contributed by atoms with Gasteiger partial charge in [0.25, 0.3) is 10.0 Å². The molecule has 0 spiro atoms. The normalized spacial score (nSPS) is 11.5. The second kappa shape index (κ2) is 8.02. The molecule has 0 aliphatic carbocycles. The fourth-order valence-corrected chi connectivity index (χ4v) is 3.43. The lowest BCUT2D eigenvalue weighted by molar-refractivity contribution is 0.310. The van der Waals surface area contributed by atoms with Crippen molar-refractivity contribution in [1.82, 2.24) is 4.83 Å². The Morgan fingerprint density at radius 1 is 1.20 bits per heavy atom. The molecule has 0 unspecified atom stereocenters. The van der Waals surface area contributed by atoms with E-state index in [1.165, 1.54) is 6.21 Å². The van der Waals surface area contributed by atoms with E-state index in [9.17, 15) is 8.42 Å². The molecule has 0 saturated heterocycles. The highest BCUT2D eigenvalue weighted by Gasteiger charge is 2.16. The Kier molecular flexibility index (Phi) is 6.03. The van der Waals surface area contributed by atoms with Crippen LogP contribution < -0.4 is 14.3 Å². The number of methoxy groups -OCH3 is 1. The Balaban J connectivity index is 2.26. The van der Waals surface area contributed by atoms with Gasteiger partial charge >= 0.3 is 0 Å². The molecule has 1 N–H and O–H groups in total. The molecule has 7 heteroatoms. The number of hydrogen-bond acceptors (Lipinski definition) is 5. The summed E-state index contributed by atoms with van der Waals surface area (Å²) in [6, 6.07) is 10.4. The zero-order valence-electron chi connectivity index (χ0n) is 14.7. The fourth-order valence-electron chi connectivity index (χ4n) is 2.41. The Bertz CT molecular complexity index is 877. The molecular formula is C18H22N2O4S. The summed E-state index contributed by atoms with van der Waals surface area (Å²) in [5.74, 6) is 1.07. The number of hydrogen-bond donors (Lipinski definition) is 1. The summed E-state index contributed by atoms with van der Waals surface area (Å²) in [5, 5.41) is 3.87. The third-order valence-corrected chi connectivity index (χ3v) is 4.90. The van der Waals surface area contributed by atoms with Gasteiger partial charge in [0, 0.05) is 5.56 Å². The van der Waals surface area contributed by atoms with Crippen molar-refractivity contribution in [2.75, 3.05) is 13.7 Å². The average Bonchev–Trinajstić information content (AvgIpc) is 2.55. The topological polar surface area (TPSA) is 77.0 Å². The van der Waals surface area contributed by atoms with Crippen LogP contribution in [0.25, 0.3) is 0 Å². The van der Waals surface area contributed by atoms with Crippen molar-refractivity contribution < 1.29 is 17.9 Å². The summed E-state index contributed by atoms with van der Waals surface area (Å²) in [6.45, 7) is 5.97. The summed E-state index contributed by atoms with van der Waals surface area (Å²) >= 11 is 0. The van der Waals surface area contributed by atoms with Crippen LogP contribution in [0.3, 0.4) is 0 Å². The summed E-state index contributed by atoms with van der Waals surface area (Å²) in [5.41, 5.74) is 2.28. The van der Waals surface area contributed by atoms with Gasteiger partial charge in [-0.05, 0) is 44.5 Å². The Morgan fingerprint density at radius 2 is 1.96 bits per heavy atom. The molecule has 0 aliphatic rings. The van der Waals surface area contributed by atoms with E-state index in [1.807, 2.05) is 19.9 Å². The van der Waals surface area contributed by atoms with Crippen molar-refractivity contribution in [1.29, 1.82) is 0 Å². The van der Waals surface area contributed by atoms with E-state index >= 15 is 0 Å². The van der Waals surface area contributed by atoms with Crippen molar-refractivity contribution in [2.24, 2.45) is 5.10 Å². The van der Waals surface area contributed by atoms with Gasteiger partial charge in [-0.25, -0.2) is 4.83 Å². The van der Waals surface area contributed by atoms with Gasteiger partial charge in [0.05, 0.1) is 24.8 Å². The third kappa shape index (κ3) is 4.51. The van der Waals surface area contributed by atoms with Gasteiger partial charge in [0.1, 0.15) is 0 Å². The number of ether oxygens (including phenoxy) is 2. The molecule has 2 rings (SSSR count). The van der Waals surface area contributed by atoms with Gasteiger partial charge in [-0.15, -0.1) is 0 Å². The van der Waals surface area contributed by atoms with Crippen molar-refractivity contribution in [3.63, 3.8) is 0 Å². The number of nitrogens with zero attached hydrogens (tertiary/aromatic N) is 1. The first-order chi connectivity index (χ1) is 11.9. The number of rotatable bonds is 7. The highest BCUT2D eigenvalue weighted by atomic mass is 32.2. The minimum Gasteiger partial charge on any atom is -0.493 e. The third-order valence-electron chi connectivity index (χ3n) is 3.51. The van der Waals surface area contributed by atoms with Crippen molar-refractivity contribution in [3.05, 3.63) is 53.1 Å². The minimum absolute atomic E-state index is 0.200. The molecule has 0 radical (unpaired) electrons. The van der Waals surface area contributed by atoms with Crippen molar-refractivity contribution in [3.8, 4) is 11.5 Å². The molecule has 25 heavy (non-hydrogen) atoms. The number of sulfonamides is 1. The molecule has 0 saturated carbocycles. The molecular weight excluding hydrogens is 340 g/mol. The molecule has 6 nitrogen and oxygen atoms in total. The number of benzene rings is 2. The lowest BCUT2D eigenvalue weighted by Crippen LogP contribution is -2.19. The van der Waals surface area contributed by atoms with Crippen LogP contribution in [0.15, 0.2) is 46.4 Å². The molecule has 0 aromatic heterocycles. The zero-order valence-corrected chi connectivity index (χ0v) is 15.6. The number of nitrogens with one attached hydrogen (secondary N) is 1. The Hall–Kier alpha value is -2.54. The van der Waals surface area contributed by atoms with Crippen LogP contribution in [0.4, 0.5) is 0 Å². The second-order valence-electron chi connectivity index (χ2n) is 5.43. The van der Waals surface area contributed by atoms with E-state index in [1.54, 1.807) is 44.4 Å². The second-order valence-corrected chi connectivity index (χ2v) is 7.06. The van der Waals surface area contributed by atoms with Gasteiger partial charge in [0.2, 0.25) is 0 Å². The molecule has 0 aliphatic heterocycles. The summed E-state index contributed by atoms with van der Waals surface area (Å²) < 4.78 is 35.6. The molecule has 134 valence electrons. The predicted molar refractivity (Wildman–Crippen MR) is 98.0 cm³/mol. The maximum atomic E-state index is 12.4. The summed E-state index contributed by atoms with van der Waals surface area (Å²) in [6.07, 6.45) is 1.40. The number of aryl methyl sites for hydroxylation is 2. The highest BCUT2D eigenvalue weighted by molar-refractivity contribution is 7.89. The quantitative estimate of drug-likeness (QED) is 0.607. The Labute approximate surface area is 148 Å². The number of hydrazone groups is 1. The molecule has 2 aromatic rings. The molecule has 0 fully saturated rings. The zero-order chi connectivity index (χ0) is 18.4. The first kappa shape index (κ1) is 18.8. The smallest absolute Gasteiger partial charge is 0.276 e. The van der Waals surface area contributed by atoms with Gasteiger partial charge in [-0.2, -0.15) is 13.5 Å². The lowest BCUT2D eigenvalue weighted by atomic mass is 10.2. The van der Waals surface area contributed by atoms with E-state index in [2.05, 4.69) is 9.93 Å². The van der Waals surface area contributed by atoms with E-state index in [0.717, 1.165) is 5.56 Å². The largest absolute Gasteiger partial charge is 0.493 e. The van der Waals surface area contributed by atoms with E-state index in [-0.39, 0.29) is 4.90 Å². The van der Waals surface area contributed by atoms with Crippen LogP contribution in [-0.2, 0) is 10.0 Å². The van der Waals surface area contributed by atoms with Crippen LogP contribution in [-0.4, -0.2) is 28.3 Å². The van der Waals surface area contributed by atoms with E-state index in [4.69, 9.17) is 9.47 Å². The SMILES string of the molecule is CCOc1c(/C=N/NS(=O)(=O)c2ccc(C)cc2C)cccc1OC. The highest BCUT2D eigenvalue weighted by Crippen LogP contribution is 2.30. The van der Waals surface area contributed by atoms with Gasteiger partial charge < -0.3 is 9.47 Å². The maximum Gasteiger partial charge on any atom is 0.276 e. The lowest BCUT2D eigenvalue weighted by Gasteiger charge is -2.11. The fraction of sp³-hybridized carbons (Fsp3) is 0.278. The van der Waals surface area contributed by atoms with Crippen LogP contribution in [0, 0.1) is 13.8 Å². The van der Waals surface area contributed by atoms with Crippen LogP contribution in [0.1, 0.15) is 23.6 Å². The van der Waals surface area contributed by atoms with Crippen molar-refractivity contribution in [2.45, 2.75) is 25.7 Å². The molecule has 0 amide bonds. The van der Waals surface area contributed by atoms with Crippen molar-refractivity contribution >= 4 is 16.2 Å². The van der Waals surface area contributed by atoms with E-state index < -0.39 is 10.0 Å². The predicted octanol–water partition coefficient (Wildman–Crippen LogP) is 3.02. The first-order valence-corrected chi connectivity index (χ1v) is 9.29. The average molecular weight is 362 g/mol. The summed E-state index contributed by atoms with van der Waals surface area (Å²) in [7, 11) is -2.20. The first-order valence-electron chi connectivity index (χ1n) is 7.81. The number of para-hydroxylation sites is 1. The monoisotopic (exact) mass is 362 g/mol. The Morgan fingerprint density at radius 3 is 2.60 bits per heavy atom. The van der Waals surface area contributed by atoms with Gasteiger partial charge in [-0.3, -0.25) is 0 Å². The van der Waals surface area contributed by atoms with Gasteiger partial charge in [0.15, 0.2) is 11.5 Å². The van der Waals surface area contributed by atoms with Crippen LogP contribution in [0.5, 0.6) is 11.5 Å². The maximum absolute atomic E-state index is 12.4. The molecule has 2 aromatic carbocycles. The summed E-state index contributed by atoms with van der Waals surface area (Å²) in [4.78, 5) is 2.44. The van der Waals surface area contributed by atoms with Gasteiger partial charge in [-0.1, -0.05) is 23.8 Å². The minimum atomic E-state index is -3.74. The molecule has 0 bridgehead atoms. The molecule has 0 atom stereocenters. The van der Waals surface area contributed by atoms with E-state index in [0.29, 0.717) is 29.2 Å². The van der Waals surface area contributed by atoms with Crippen LogP contribution >= 0.6 is 0 Å². The molecule has 0 heterocycles.